The van der Waals surface area contributed by atoms with Crippen LogP contribution in [0.2, 0.25) is 0 Å². The molecule has 2 fully saturated rings. The molecule has 2 aliphatic rings. The van der Waals surface area contributed by atoms with Crippen LogP contribution in [0.4, 0.5) is 0 Å². The number of piperazine rings is 1. The third-order valence-corrected chi connectivity index (χ3v) is 11.4. The fourth-order valence-electron chi connectivity index (χ4n) is 7.67. The fourth-order valence-corrected chi connectivity index (χ4v) is 7.67. The maximum atomic E-state index is 13.2. The van der Waals surface area contributed by atoms with E-state index < -0.39 is 29.6 Å². The van der Waals surface area contributed by atoms with Crippen LogP contribution in [0.1, 0.15) is 168 Å². The smallest absolute Gasteiger partial charge is 0.330 e. The van der Waals surface area contributed by atoms with Crippen molar-refractivity contribution < 1.29 is 28.7 Å². The van der Waals surface area contributed by atoms with Crippen molar-refractivity contribution in [3.05, 3.63) is 68.0 Å². The molecule has 2 aliphatic heterocycles. The van der Waals surface area contributed by atoms with Gasteiger partial charge in [0.05, 0.1) is 6.42 Å². The third-order valence-electron chi connectivity index (χ3n) is 11.4. The molecule has 2 atom stereocenters. The Morgan fingerprint density at radius 2 is 1.22 bits per heavy atom. The van der Waals surface area contributed by atoms with E-state index in [-0.39, 0.29) is 37.0 Å². The molecule has 2 amide bonds. The molecule has 0 unspecified atom stereocenters. The second-order valence-electron chi connectivity index (χ2n) is 16.1. The number of nitrogens with zero attached hydrogens (tertiary/aromatic N) is 3. The van der Waals surface area contributed by atoms with Crippen LogP contribution in [0, 0.1) is 6.92 Å². The molecule has 1 aromatic heterocycles. The Morgan fingerprint density at radius 1 is 0.690 bits per heavy atom. The average molecular weight is 808 g/mol. The quantitative estimate of drug-likeness (QED) is 0.0588. The maximum Gasteiger partial charge on any atom is 0.330 e. The van der Waals surface area contributed by atoms with Crippen LogP contribution in [0.3, 0.4) is 0 Å². The van der Waals surface area contributed by atoms with Gasteiger partial charge in [0.2, 0.25) is 5.91 Å². The van der Waals surface area contributed by atoms with E-state index in [0.29, 0.717) is 62.4 Å². The average Bonchev–Trinajstić information content (AvgIpc) is 3.24. The molecule has 2 aromatic rings. The second-order valence-corrected chi connectivity index (χ2v) is 16.1. The molecule has 322 valence electrons. The molecule has 4 rings (SSSR count). The zero-order valence-electron chi connectivity index (χ0n) is 35.2. The lowest BCUT2D eigenvalue weighted by Crippen LogP contribution is -2.50. The predicted octanol–water partition coefficient (Wildman–Crippen LogP) is 6.86. The van der Waals surface area contributed by atoms with Gasteiger partial charge in [-0.1, -0.05) is 122 Å². The van der Waals surface area contributed by atoms with Crippen LogP contribution in [-0.4, -0.2) is 94.9 Å². The van der Waals surface area contributed by atoms with Gasteiger partial charge in [-0.3, -0.25) is 33.5 Å². The van der Waals surface area contributed by atoms with Crippen molar-refractivity contribution in [3.8, 4) is 0 Å². The standard InChI is InChI=1S/C45H69N5O8/c1-3-4-5-6-7-8-9-10-11-12-13-14-15-16-17-18-19-20-39(51)36-21-23-37(24-22-36)44(55)49-29-27-48(28-30-49)40(52)25-26-42(53)57-34-38-31-46-32-41(58-38)50-33-35(2)43(54)47-45(50)56/h21-24,33,38,41,46H,3-20,25-32,34H2,1-2H3,(H,47,54,56)/t38-,41+/m0/s1. The molecular formula is C45H69N5O8. The maximum absolute atomic E-state index is 13.2. The number of unbranched alkanes of at least 4 members (excludes halogenated alkanes) is 16. The number of aromatic amines is 1. The number of ketones is 1. The highest BCUT2D eigenvalue weighted by Gasteiger charge is 2.27. The predicted molar refractivity (Wildman–Crippen MR) is 225 cm³/mol. The molecule has 2 saturated heterocycles. The Labute approximate surface area is 344 Å². The molecule has 13 nitrogen and oxygen atoms in total. The summed E-state index contributed by atoms with van der Waals surface area (Å²) < 4.78 is 12.6. The first-order valence-electron chi connectivity index (χ1n) is 22.2. The molecule has 3 heterocycles. The molecule has 58 heavy (non-hydrogen) atoms. The van der Waals surface area contributed by atoms with Crippen LogP contribution in [0.15, 0.2) is 40.1 Å². The summed E-state index contributed by atoms with van der Waals surface area (Å²) in [7, 11) is 0. The minimum atomic E-state index is -0.676. The van der Waals surface area contributed by atoms with E-state index in [4.69, 9.17) is 9.47 Å². The van der Waals surface area contributed by atoms with Crippen molar-refractivity contribution in [2.75, 3.05) is 45.9 Å². The van der Waals surface area contributed by atoms with E-state index in [1.165, 1.54) is 107 Å². The van der Waals surface area contributed by atoms with Gasteiger partial charge in [-0.05, 0) is 25.5 Å². The van der Waals surface area contributed by atoms with Gasteiger partial charge < -0.3 is 24.6 Å². The Hall–Kier alpha value is -4.10. The van der Waals surface area contributed by atoms with E-state index in [9.17, 15) is 28.8 Å². The highest BCUT2D eigenvalue weighted by Crippen LogP contribution is 2.18. The number of rotatable bonds is 26. The van der Waals surface area contributed by atoms with Crippen molar-refractivity contribution in [2.24, 2.45) is 0 Å². The minimum absolute atomic E-state index is 0.0137. The molecule has 0 bridgehead atoms. The van der Waals surface area contributed by atoms with Gasteiger partial charge in [0.1, 0.15) is 12.7 Å². The first-order valence-corrected chi connectivity index (χ1v) is 22.2. The van der Waals surface area contributed by atoms with Crippen molar-refractivity contribution >= 4 is 23.6 Å². The monoisotopic (exact) mass is 808 g/mol. The summed E-state index contributed by atoms with van der Waals surface area (Å²) in [6, 6.07) is 6.91. The number of aromatic nitrogens is 2. The first kappa shape index (κ1) is 46.6. The van der Waals surface area contributed by atoms with Crippen LogP contribution >= 0.6 is 0 Å². The number of morpholine rings is 1. The fraction of sp³-hybridized carbons (Fsp3) is 0.689. The number of amides is 2. The first-order chi connectivity index (χ1) is 28.2. The number of hydrogen-bond acceptors (Lipinski definition) is 9. The number of aryl methyl sites for hydroxylation is 1. The molecule has 0 aliphatic carbocycles. The number of H-pyrrole nitrogens is 1. The SMILES string of the molecule is CCCCCCCCCCCCCCCCCCCC(=O)c1ccc(C(=O)N2CCN(C(=O)CCC(=O)OC[C@@H]3CNC[C@H](n4cc(C)c(=O)[nH]c4=O)O3)CC2)cc1. The number of esters is 1. The molecule has 0 radical (unpaired) electrons. The molecule has 2 N–H and O–H groups in total. The van der Waals surface area contributed by atoms with Crippen LogP contribution in [-0.2, 0) is 19.1 Å². The second kappa shape index (κ2) is 26.1. The molecule has 0 spiro atoms. The van der Waals surface area contributed by atoms with Gasteiger partial charge >= 0.3 is 11.7 Å². The topological polar surface area (TPSA) is 160 Å². The summed E-state index contributed by atoms with van der Waals surface area (Å²) in [5, 5.41) is 3.14. The zero-order valence-corrected chi connectivity index (χ0v) is 35.2. The van der Waals surface area contributed by atoms with E-state index in [1.807, 2.05) is 0 Å². The van der Waals surface area contributed by atoms with Crippen molar-refractivity contribution in [3.63, 3.8) is 0 Å². The normalized spacial score (nSPS) is 17.0. The van der Waals surface area contributed by atoms with E-state index in [2.05, 4.69) is 17.2 Å². The van der Waals surface area contributed by atoms with Gasteiger partial charge in [-0.25, -0.2) is 4.79 Å². The van der Waals surface area contributed by atoms with Gasteiger partial charge in [-0.15, -0.1) is 0 Å². The number of carbonyl (C=O) groups is 4. The highest BCUT2D eigenvalue weighted by molar-refractivity contribution is 5.98. The van der Waals surface area contributed by atoms with E-state index in [1.54, 1.807) is 41.0 Å². The number of hydrogen-bond donors (Lipinski definition) is 2. The molecule has 0 saturated carbocycles. The summed E-state index contributed by atoms with van der Waals surface area (Å²) in [6.45, 7) is 6.04. The van der Waals surface area contributed by atoms with Gasteiger partial charge in [0, 0.05) is 75.0 Å². The number of Topliss-reactive ketones (excluding diaryl/α,β-unsaturated/α-hetero) is 1. The number of carbonyl (C=O) groups excluding carboxylic acids is 4. The Kier molecular flexibility index (Phi) is 21.0. The number of nitrogens with one attached hydrogen (secondary N) is 2. The minimum Gasteiger partial charge on any atom is -0.463 e. The Balaban J connectivity index is 1.02. The Morgan fingerprint density at radius 3 is 1.81 bits per heavy atom. The largest absolute Gasteiger partial charge is 0.463 e. The summed E-state index contributed by atoms with van der Waals surface area (Å²) in [5.74, 6) is -0.744. The lowest BCUT2D eigenvalue weighted by atomic mass is 10.0. The van der Waals surface area contributed by atoms with Gasteiger partial charge in [0.25, 0.3) is 11.5 Å². The van der Waals surface area contributed by atoms with Crippen LogP contribution in [0.25, 0.3) is 0 Å². The van der Waals surface area contributed by atoms with Crippen molar-refractivity contribution in [1.82, 2.24) is 24.7 Å². The van der Waals surface area contributed by atoms with Crippen LogP contribution < -0.4 is 16.6 Å². The summed E-state index contributed by atoms with van der Waals surface area (Å²) in [5.41, 5.74) is 0.477. The Bertz CT molecular complexity index is 1680. The molecular weight excluding hydrogens is 739 g/mol. The van der Waals surface area contributed by atoms with E-state index in [0.717, 1.165) is 12.8 Å². The van der Waals surface area contributed by atoms with Crippen LogP contribution in [0.5, 0.6) is 0 Å². The lowest BCUT2D eigenvalue weighted by molar-refractivity contribution is -0.156. The van der Waals surface area contributed by atoms with Gasteiger partial charge in [-0.2, -0.15) is 0 Å². The molecule has 1 aromatic carbocycles. The summed E-state index contributed by atoms with van der Waals surface area (Å²) in [6.07, 6.45) is 22.9. The number of ether oxygens (including phenoxy) is 2. The van der Waals surface area contributed by atoms with Crippen molar-refractivity contribution in [1.29, 1.82) is 0 Å². The lowest BCUT2D eigenvalue weighted by Gasteiger charge is -2.35. The van der Waals surface area contributed by atoms with Gasteiger partial charge in [0.15, 0.2) is 12.0 Å². The zero-order chi connectivity index (χ0) is 41.5. The highest BCUT2D eigenvalue weighted by atomic mass is 16.6. The molecule has 13 heteroatoms. The van der Waals surface area contributed by atoms with E-state index >= 15 is 0 Å². The third kappa shape index (κ3) is 16.3. The number of benzene rings is 1. The summed E-state index contributed by atoms with van der Waals surface area (Å²) in [4.78, 5) is 80.9. The summed E-state index contributed by atoms with van der Waals surface area (Å²) >= 11 is 0. The van der Waals surface area contributed by atoms with Crippen molar-refractivity contribution in [2.45, 2.75) is 155 Å².